The molecule has 1 rings (SSSR count). The van der Waals surface area contributed by atoms with E-state index in [1.165, 1.54) is 0 Å². The molecule has 1 N–H and O–H groups in total. The summed E-state index contributed by atoms with van der Waals surface area (Å²) in [6.07, 6.45) is 1.62. The smallest absolute Gasteiger partial charge is 0.214 e. The molecule has 6 heteroatoms. The summed E-state index contributed by atoms with van der Waals surface area (Å²) in [6.45, 7) is 8.83. The summed E-state index contributed by atoms with van der Waals surface area (Å²) in [7, 11) is -3.10. The fourth-order valence-electron chi connectivity index (χ4n) is 2.36. The van der Waals surface area contributed by atoms with E-state index in [0.717, 1.165) is 25.9 Å². The van der Waals surface area contributed by atoms with E-state index in [-0.39, 0.29) is 18.4 Å². The molecule has 0 amide bonds. The first-order valence-corrected chi connectivity index (χ1v) is 8.84. The largest absolute Gasteiger partial charge is 0.395 e. The zero-order chi connectivity index (χ0) is 14.5. The molecule has 1 aliphatic rings. The van der Waals surface area contributed by atoms with Crippen molar-refractivity contribution in [3.63, 3.8) is 0 Å². The SMILES string of the molecule is CCC(CO)N1CCN(S(=O)(=O)CCC(C)C)CC1. The minimum absolute atomic E-state index is 0.149. The molecule has 1 saturated heterocycles. The predicted molar refractivity (Wildman–Crippen MR) is 77.6 cm³/mol. The van der Waals surface area contributed by atoms with Gasteiger partial charge in [-0.15, -0.1) is 0 Å². The van der Waals surface area contributed by atoms with Gasteiger partial charge in [-0.2, -0.15) is 4.31 Å². The van der Waals surface area contributed by atoms with E-state index in [2.05, 4.69) is 4.90 Å². The van der Waals surface area contributed by atoms with Crippen molar-refractivity contribution in [3.8, 4) is 0 Å². The molecule has 1 unspecified atom stereocenters. The third-order valence-corrected chi connectivity index (χ3v) is 5.72. The standard InChI is InChI=1S/C13H28N2O3S/c1-4-13(11-16)14-6-8-15(9-7-14)19(17,18)10-5-12(2)3/h12-13,16H,4-11H2,1-3H3. The first-order valence-electron chi connectivity index (χ1n) is 7.23. The van der Waals surface area contributed by atoms with Gasteiger partial charge in [0, 0.05) is 32.2 Å². The number of sulfonamides is 1. The monoisotopic (exact) mass is 292 g/mol. The lowest BCUT2D eigenvalue weighted by molar-refractivity contribution is 0.0880. The molecule has 0 aliphatic carbocycles. The summed E-state index contributed by atoms with van der Waals surface area (Å²) in [5.41, 5.74) is 0. The van der Waals surface area contributed by atoms with Gasteiger partial charge in [-0.25, -0.2) is 8.42 Å². The minimum atomic E-state index is -3.10. The molecule has 0 radical (unpaired) electrons. The molecule has 1 heterocycles. The van der Waals surface area contributed by atoms with Crippen molar-refractivity contribution in [2.75, 3.05) is 38.5 Å². The summed E-state index contributed by atoms with van der Waals surface area (Å²) in [5, 5.41) is 9.28. The third kappa shape index (κ3) is 5.02. The molecule has 114 valence electrons. The van der Waals surface area contributed by atoms with Crippen molar-refractivity contribution in [2.24, 2.45) is 5.92 Å². The van der Waals surface area contributed by atoms with Gasteiger partial charge in [0.15, 0.2) is 0 Å². The van der Waals surface area contributed by atoms with Gasteiger partial charge in [-0.3, -0.25) is 4.90 Å². The van der Waals surface area contributed by atoms with Crippen LogP contribution < -0.4 is 0 Å². The summed E-state index contributed by atoms with van der Waals surface area (Å²) in [6, 6.07) is 0.167. The van der Waals surface area contributed by atoms with Crippen LogP contribution in [0.25, 0.3) is 0 Å². The Morgan fingerprint density at radius 1 is 1.16 bits per heavy atom. The lowest BCUT2D eigenvalue weighted by atomic mass is 10.2. The number of hydrogen-bond acceptors (Lipinski definition) is 4. The van der Waals surface area contributed by atoms with Crippen LogP contribution in [0.2, 0.25) is 0 Å². The van der Waals surface area contributed by atoms with Crippen LogP contribution in [-0.4, -0.2) is 67.3 Å². The van der Waals surface area contributed by atoms with Gasteiger partial charge in [0.25, 0.3) is 0 Å². The van der Waals surface area contributed by atoms with Crippen LogP contribution in [0.1, 0.15) is 33.6 Å². The van der Waals surface area contributed by atoms with Gasteiger partial charge < -0.3 is 5.11 Å². The molecule has 1 fully saturated rings. The predicted octanol–water partition coefficient (Wildman–Crippen LogP) is 0.751. The first-order chi connectivity index (χ1) is 8.90. The third-order valence-electron chi connectivity index (χ3n) is 3.82. The van der Waals surface area contributed by atoms with Crippen LogP contribution in [0.5, 0.6) is 0 Å². The van der Waals surface area contributed by atoms with E-state index in [0.29, 0.717) is 19.0 Å². The number of rotatable bonds is 7. The van der Waals surface area contributed by atoms with Crippen molar-refractivity contribution in [3.05, 3.63) is 0 Å². The topological polar surface area (TPSA) is 60.9 Å². The highest BCUT2D eigenvalue weighted by Crippen LogP contribution is 2.14. The minimum Gasteiger partial charge on any atom is -0.395 e. The Balaban J connectivity index is 2.48. The average molecular weight is 292 g/mol. The van der Waals surface area contributed by atoms with Gasteiger partial charge in [0.2, 0.25) is 10.0 Å². The number of piperazine rings is 1. The second-order valence-electron chi connectivity index (χ2n) is 5.68. The Hall–Kier alpha value is -0.170. The fraction of sp³-hybridized carbons (Fsp3) is 1.00. The highest BCUT2D eigenvalue weighted by molar-refractivity contribution is 7.89. The molecular weight excluding hydrogens is 264 g/mol. The Morgan fingerprint density at radius 2 is 1.74 bits per heavy atom. The second kappa shape index (κ2) is 7.57. The van der Waals surface area contributed by atoms with Crippen LogP contribution in [0, 0.1) is 5.92 Å². The Kier molecular flexibility index (Phi) is 6.73. The Bertz CT molecular complexity index is 345. The van der Waals surface area contributed by atoms with Gasteiger partial charge in [-0.05, 0) is 18.8 Å². The molecule has 0 spiro atoms. The molecule has 19 heavy (non-hydrogen) atoms. The van der Waals surface area contributed by atoms with Crippen LogP contribution in [0.15, 0.2) is 0 Å². The van der Waals surface area contributed by atoms with E-state index < -0.39 is 10.0 Å². The highest BCUT2D eigenvalue weighted by atomic mass is 32.2. The molecule has 0 aromatic heterocycles. The van der Waals surface area contributed by atoms with Crippen LogP contribution in [-0.2, 0) is 10.0 Å². The van der Waals surface area contributed by atoms with Crippen molar-refractivity contribution in [2.45, 2.75) is 39.7 Å². The zero-order valence-electron chi connectivity index (χ0n) is 12.4. The maximum Gasteiger partial charge on any atom is 0.214 e. The molecule has 0 aromatic carbocycles. The maximum atomic E-state index is 12.2. The normalized spacial score (nSPS) is 20.9. The van der Waals surface area contributed by atoms with Crippen molar-refractivity contribution in [1.29, 1.82) is 0 Å². The zero-order valence-corrected chi connectivity index (χ0v) is 13.2. The quantitative estimate of drug-likeness (QED) is 0.752. The molecule has 1 atom stereocenters. The number of aliphatic hydroxyl groups is 1. The van der Waals surface area contributed by atoms with Crippen molar-refractivity contribution >= 4 is 10.0 Å². The van der Waals surface area contributed by atoms with Crippen LogP contribution in [0.3, 0.4) is 0 Å². The van der Waals surface area contributed by atoms with Crippen LogP contribution >= 0.6 is 0 Å². The lowest BCUT2D eigenvalue weighted by Crippen LogP contribution is -2.53. The number of nitrogens with zero attached hydrogens (tertiary/aromatic N) is 2. The van der Waals surface area contributed by atoms with Gasteiger partial charge in [0.05, 0.1) is 12.4 Å². The highest BCUT2D eigenvalue weighted by Gasteiger charge is 2.28. The van der Waals surface area contributed by atoms with E-state index in [1.54, 1.807) is 4.31 Å². The van der Waals surface area contributed by atoms with Crippen molar-refractivity contribution < 1.29 is 13.5 Å². The van der Waals surface area contributed by atoms with E-state index in [4.69, 9.17) is 0 Å². The van der Waals surface area contributed by atoms with E-state index >= 15 is 0 Å². The lowest BCUT2D eigenvalue weighted by Gasteiger charge is -2.37. The first kappa shape index (κ1) is 16.9. The average Bonchev–Trinajstić information content (AvgIpc) is 2.39. The van der Waals surface area contributed by atoms with E-state index in [1.807, 2.05) is 20.8 Å². The molecular formula is C13H28N2O3S. The Morgan fingerprint density at radius 3 is 2.16 bits per heavy atom. The summed E-state index contributed by atoms with van der Waals surface area (Å²) >= 11 is 0. The van der Waals surface area contributed by atoms with E-state index in [9.17, 15) is 13.5 Å². The number of aliphatic hydroxyl groups excluding tert-OH is 1. The molecule has 5 nitrogen and oxygen atoms in total. The Labute approximate surface area is 117 Å². The summed E-state index contributed by atoms with van der Waals surface area (Å²) in [4.78, 5) is 2.19. The van der Waals surface area contributed by atoms with Gasteiger partial charge >= 0.3 is 0 Å². The molecule has 0 bridgehead atoms. The van der Waals surface area contributed by atoms with Gasteiger partial charge in [0.1, 0.15) is 0 Å². The fourth-order valence-corrected chi connectivity index (χ4v) is 4.11. The second-order valence-corrected chi connectivity index (χ2v) is 7.77. The van der Waals surface area contributed by atoms with Crippen molar-refractivity contribution in [1.82, 2.24) is 9.21 Å². The summed E-state index contributed by atoms with van der Waals surface area (Å²) < 4.78 is 25.9. The maximum absolute atomic E-state index is 12.2. The van der Waals surface area contributed by atoms with Gasteiger partial charge in [-0.1, -0.05) is 20.8 Å². The number of hydrogen-bond donors (Lipinski definition) is 1. The molecule has 1 aliphatic heterocycles. The van der Waals surface area contributed by atoms with Crippen LogP contribution in [0.4, 0.5) is 0 Å². The summed E-state index contributed by atoms with van der Waals surface area (Å²) in [5.74, 6) is 0.664. The molecule has 0 aromatic rings. The molecule has 0 saturated carbocycles.